The fourth-order valence-electron chi connectivity index (χ4n) is 2.22. The Morgan fingerprint density at radius 2 is 1.65 bits per heavy atom. The summed E-state index contributed by atoms with van der Waals surface area (Å²) in [6.07, 6.45) is 2.28. The van der Waals surface area contributed by atoms with Gasteiger partial charge in [-0.2, -0.15) is 0 Å². The van der Waals surface area contributed by atoms with Crippen LogP contribution in [0.15, 0.2) is 28.7 Å². The van der Waals surface area contributed by atoms with E-state index < -0.39 is 0 Å². The second kappa shape index (κ2) is 7.20. The van der Waals surface area contributed by atoms with Crippen LogP contribution < -0.4 is 0 Å². The molecule has 2 aromatic rings. The second-order valence-corrected chi connectivity index (χ2v) is 5.14. The third-order valence-electron chi connectivity index (χ3n) is 3.20. The summed E-state index contributed by atoms with van der Waals surface area (Å²) in [5.41, 5.74) is 2.21. The highest BCUT2D eigenvalue weighted by atomic mass is 16.4. The van der Waals surface area contributed by atoms with Crippen LogP contribution in [-0.4, -0.2) is 28.2 Å². The molecule has 0 aliphatic carbocycles. The number of aromatic nitrogens is 2. The van der Waals surface area contributed by atoms with Crippen molar-refractivity contribution in [2.24, 2.45) is 0 Å². The molecule has 0 unspecified atom stereocenters. The molecule has 4 nitrogen and oxygen atoms in total. The molecule has 0 saturated carbocycles. The molecule has 0 radical (unpaired) electrons. The van der Waals surface area contributed by atoms with Crippen molar-refractivity contribution < 1.29 is 4.42 Å². The Balaban J connectivity index is 2.06. The Labute approximate surface area is 120 Å². The minimum atomic E-state index is 0.605. The summed E-state index contributed by atoms with van der Waals surface area (Å²) in [7, 11) is 0. The zero-order valence-electron chi connectivity index (χ0n) is 12.6. The van der Waals surface area contributed by atoms with Gasteiger partial charge in [0.1, 0.15) is 0 Å². The zero-order chi connectivity index (χ0) is 14.4. The third kappa shape index (κ3) is 3.90. The number of nitrogens with zero attached hydrogens (tertiary/aromatic N) is 3. The average molecular weight is 273 g/mol. The standard InChI is InChI=1S/C16H23N3O/c1-4-10-19(11-5-2)12-15-17-18-16(20-15)14-8-6-13(3)7-9-14/h6-9H,4-5,10-12H2,1-3H3. The lowest BCUT2D eigenvalue weighted by Gasteiger charge is -2.18. The van der Waals surface area contributed by atoms with Gasteiger partial charge in [0.15, 0.2) is 0 Å². The lowest BCUT2D eigenvalue weighted by atomic mass is 10.1. The van der Waals surface area contributed by atoms with Gasteiger partial charge in [0, 0.05) is 5.56 Å². The van der Waals surface area contributed by atoms with E-state index in [1.807, 2.05) is 12.1 Å². The Kier molecular flexibility index (Phi) is 5.30. The predicted octanol–water partition coefficient (Wildman–Crippen LogP) is 3.67. The molecular formula is C16H23N3O. The third-order valence-corrected chi connectivity index (χ3v) is 3.20. The van der Waals surface area contributed by atoms with Gasteiger partial charge in [-0.15, -0.1) is 10.2 Å². The van der Waals surface area contributed by atoms with Crippen molar-refractivity contribution in [2.75, 3.05) is 13.1 Å². The number of hydrogen-bond donors (Lipinski definition) is 0. The van der Waals surface area contributed by atoms with Gasteiger partial charge in [0.25, 0.3) is 0 Å². The van der Waals surface area contributed by atoms with E-state index >= 15 is 0 Å². The molecule has 4 heteroatoms. The SMILES string of the molecule is CCCN(CCC)Cc1nnc(-c2ccc(C)cc2)o1. The summed E-state index contributed by atoms with van der Waals surface area (Å²) in [4.78, 5) is 2.35. The van der Waals surface area contributed by atoms with Crippen molar-refractivity contribution in [3.8, 4) is 11.5 Å². The molecular weight excluding hydrogens is 250 g/mol. The molecule has 0 bridgehead atoms. The number of aryl methyl sites for hydroxylation is 1. The number of rotatable bonds is 7. The molecule has 1 aromatic carbocycles. The second-order valence-electron chi connectivity index (χ2n) is 5.14. The summed E-state index contributed by atoms with van der Waals surface area (Å²) >= 11 is 0. The van der Waals surface area contributed by atoms with E-state index in [2.05, 4.69) is 48.0 Å². The van der Waals surface area contributed by atoms with E-state index in [4.69, 9.17) is 4.42 Å². The monoisotopic (exact) mass is 273 g/mol. The van der Waals surface area contributed by atoms with Crippen molar-refractivity contribution in [1.82, 2.24) is 15.1 Å². The molecule has 0 spiro atoms. The van der Waals surface area contributed by atoms with Gasteiger partial charge < -0.3 is 4.42 Å². The van der Waals surface area contributed by atoms with Gasteiger partial charge in [-0.05, 0) is 45.0 Å². The van der Waals surface area contributed by atoms with Gasteiger partial charge in [-0.3, -0.25) is 4.90 Å². The van der Waals surface area contributed by atoms with E-state index in [0.29, 0.717) is 11.8 Å². The highest BCUT2D eigenvalue weighted by molar-refractivity contribution is 5.52. The molecule has 0 fully saturated rings. The first-order valence-electron chi connectivity index (χ1n) is 7.34. The van der Waals surface area contributed by atoms with Gasteiger partial charge in [-0.1, -0.05) is 31.5 Å². The minimum absolute atomic E-state index is 0.605. The Hall–Kier alpha value is -1.68. The van der Waals surface area contributed by atoms with E-state index in [1.54, 1.807) is 0 Å². The maximum atomic E-state index is 5.77. The first-order valence-corrected chi connectivity index (χ1v) is 7.34. The van der Waals surface area contributed by atoms with Crippen LogP contribution in [0, 0.1) is 6.92 Å². The van der Waals surface area contributed by atoms with Crippen molar-refractivity contribution in [3.05, 3.63) is 35.7 Å². The first kappa shape index (κ1) is 14.7. The number of hydrogen-bond acceptors (Lipinski definition) is 4. The zero-order valence-corrected chi connectivity index (χ0v) is 12.6. The quantitative estimate of drug-likeness (QED) is 0.772. The maximum Gasteiger partial charge on any atom is 0.247 e. The van der Waals surface area contributed by atoms with Crippen LogP contribution in [0.25, 0.3) is 11.5 Å². The summed E-state index contributed by atoms with van der Waals surface area (Å²) in [6, 6.07) is 8.14. The fourth-order valence-corrected chi connectivity index (χ4v) is 2.22. The van der Waals surface area contributed by atoms with Crippen LogP contribution in [-0.2, 0) is 6.54 Å². The molecule has 0 atom stereocenters. The van der Waals surface area contributed by atoms with E-state index in [-0.39, 0.29) is 0 Å². The summed E-state index contributed by atoms with van der Waals surface area (Å²) < 4.78 is 5.77. The predicted molar refractivity (Wildman–Crippen MR) is 80.3 cm³/mol. The minimum Gasteiger partial charge on any atom is -0.419 e. The molecule has 108 valence electrons. The maximum absolute atomic E-state index is 5.77. The molecule has 0 amide bonds. The van der Waals surface area contributed by atoms with Crippen LogP contribution in [0.3, 0.4) is 0 Å². The van der Waals surface area contributed by atoms with Crippen molar-refractivity contribution in [1.29, 1.82) is 0 Å². The van der Waals surface area contributed by atoms with Crippen molar-refractivity contribution in [3.63, 3.8) is 0 Å². The highest BCUT2D eigenvalue weighted by Gasteiger charge is 2.11. The molecule has 1 heterocycles. The Bertz CT molecular complexity index is 513. The first-order chi connectivity index (χ1) is 9.72. The lowest BCUT2D eigenvalue weighted by molar-refractivity contribution is 0.240. The van der Waals surface area contributed by atoms with Gasteiger partial charge >= 0.3 is 0 Å². The van der Waals surface area contributed by atoms with Crippen LogP contribution in [0.5, 0.6) is 0 Å². The molecule has 1 aromatic heterocycles. The fraction of sp³-hybridized carbons (Fsp3) is 0.500. The topological polar surface area (TPSA) is 42.2 Å². The number of benzene rings is 1. The van der Waals surface area contributed by atoms with Gasteiger partial charge in [0.2, 0.25) is 11.8 Å². The molecule has 2 rings (SSSR count). The van der Waals surface area contributed by atoms with Gasteiger partial charge in [-0.25, -0.2) is 0 Å². The van der Waals surface area contributed by atoms with E-state index in [0.717, 1.165) is 38.0 Å². The van der Waals surface area contributed by atoms with Crippen LogP contribution in [0.4, 0.5) is 0 Å². The molecule has 0 N–H and O–H groups in total. The summed E-state index contributed by atoms with van der Waals surface area (Å²) in [5.74, 6) is 1.30. The lowest BCUT2D eigenvalue weighted by Crippen LogP contribution is -2.25. The molecule has 0 aliphatic heterocycles. The molecule has 0 aliphatic rings. The summed E-state index contributed by atoms with van der Waals surface area (Å²) in [5, 5.41) is 8.31. The van der Waals surface area contributed by atoms with Crippen LogP contribution >= 0.6 is 0 Å². The van der Waals surface area contributed by atoms with Crippen LogP contribution in [0.2, 0.25) is 0 Å². The summed E-state index contributed by atoms with van der Waals surface area (Å²) in [6.45, 7) is 9.31. The smallest absolute Gasteiger partial charge is 0.247 e. The van der Waals surface area contributed by atoms with Crippen LogP contribution in [0.1, 0.15) is 38.1 Å². The average Bonchev–Trinajstić information content (AvgIpc) is 2.89. The molecule has 0 saturated heterocycles. The van der Waals surface area contributed by atoms with Crippen molar-refractivity contribution in [2.45, 2.75) is 40.2 Å². The highest BCUT2D eigenvalue weighted by Crippen LogP contribution is 2.18. The van der Waals surface area contributed by atoms with Gasteiger partial charge in [0.05, 0.1) is 6.54 Å². The Morgan fingerprint density at radius 1 is 1.00 bits per heavy atom. The van der Waals surface area contributed by atoms with Crippen molar-refractivity contribution >= 4 is 0 Å². The Morgan fingerprint density at radius 3 is 2.25 bits per heavy atom. The molecule has 20 heavy (non-hydrogen) atoms. The normalized spacial score (nSPS) is 11.2. The van der Waals surface area contributed by atoms with E-state index in [1.165, 1.54) is 5.56 Å². The van der Waals surface area contributed by atoms with E-state index in [9.17, 15) is 0 Å². The largest absolute Gasteiger partial charge is 0.419 e.